The van der Waals surface area contributed by atoms with Crippen molar-refractivity contribution in [3.63, 3.8) is 0 Å². The van der Waals surface area contributed by atoms with Crippen molar-refractivity contribution < 1.29 is 0 Å². The highest BCUT2D eigenvalue weighted by Gasteiger charge is 2.47. The molecular formula is C27H25PS2. The van der Waals surface area contributed by atoms with Crippen LogP contribution in [-0.2, 0) is 12.6 Å². The summed E-state index contributed by atoms with van der Waals surface area (Å²) in [6.45, 7) is 4.43. The summed E-state index contributed by atoms with van der Waals surface area (Å²) in [6, 6.07) is 35.5. The molecule has 0 bridgehead atoms. The minimum atomic E-state index is -2.01. The van der Waals surface area contributed by atoms with Gasteiger partial charge in [0, 0.05) is 4.90 Å². The lowest BCUT2D eigenvalue weighted by Gasteiger charge is -2.27. The lowest BCUT2D eigenvalue weighted by atomic mass is 10.2. The molecule has 4 rings (SSSR count). The van der Waals surface area contributed by atoms with Crippen molar-refractivity contribution in [2.75, 3.05) is 0 Å². The lowest BCUT2D eigenvalue weighted by molar-refractivity contribution is 1.27. The summed E-state index contributed by atoms with van der Waals surface area (Å²) >= 11 is 7.68. The van der Waals surface area contributed by atoms with E-state index < -0.39 is 6.46 Å². The SMILES string of the molecule is Cc1ccc([P+](Sc2ccccc2[S-])(c2ccc(C)cc2)c2ccc(C)cc2)cc1. The number of rotatable bonds is 5. The van der Waals surface area contributed by atoms with E-state index in [9.17, 15) is 0 Å². The summed E-state index contributed by atoms with van der Waals surface area (Å²) in [5.41, 5.74) is 3.83. The van der Waals surface area contributed by atoms with E-state index in [-0.39, 0.29) is 0 Å². The lowest BCUT2D eigenvalue weighted by Crippen LogP contribution is -2.29. The van der Waals surface area contributed by atoms with Gasteiger partial charge in [-0.15, -0.1) is 0 Å². The van der Waals surface area contributed by atoms with E-state index in [2.05, 4.69) is 106 Å². The molecule has 0 fully saturated rings. The van der Waals surface area contributed by atoms with Crippen molar-refractivity contribution in [3.05, 3.63) is 114 Å². The Hall–Kier alpha value is -2.12. The highest BCUT2D eigenvalue weighted by atomic mass is 32.7. The summed E-state index contributed by atoms with van der Waals surface area (Å²) in [6.07, 6.45) is 0. The summed E-state index contributed by atoms with van der Waals surface area (Å²) in [5.74, 6) is 0. The molecule has 0 nitrogen and oxygen atoms in total. The minimum absolute atomic E-state index is 0.915. The van der Waals surface area contributed by atoms with Gasteiger partial charge in [0.15, 0.2) is 6.46 Å². The van der Waals surface area contributed by atoms with Gasteiger partial charge in [0.05, 0.1) is 11.4 Å². The molecule has 0 heterocycles. The van der Waals surface area contributed by atoms with Crippen molar-refractivity contribution in [1.82, 2.24) is 0 Å². The van der Waals surface area contributed by atoms with Gasteiger partial charge in [-0.1, -0.05) is 71.3 Å². The van der Waals surface area contributed by atoms with Crippen LogP contribution in [0, 0.1) is 20.8 Å². The smallest absolute Gasteiger partial charge is 0.176 e. The molecule has 0 aliphatic carbocycles. The summed E-state index contributed by atoms with van der Waals surface area (Å²) in [7, 11) is 0. The van der Waals surface area contributed by atoms with Crippen molar-refractivity contribution >= 4 is 46.4 Å². The number of hydrogen-bond acceptors (Lipinski definition) is 2. The quantitative estimate of drug-likeness (QED) is 0.254. The fourth-order valence-corrected chi connectivity index (χ4v) is 10.9. The molecule has 0 radical (unpaired) electrons. The first-order chi connectivity index (χ1) is 14.5. The van der Waals surface area contributed by atoms with Crippen molar-refractivity contribution in [3.8, 4) is 0 Å². The Labute approximate surface area is 190 Å². The second-order valence-electron chi connectivity index (χ2n) is 7.65. The molecule has 0 saturated carbocycles. The van der Waals surface area contributed by atoms with Crippen LogP contribution in [0.4, 0.5) is 0 Å². The summed E-state index contributed by atoms with van der Waals surface area (Å²) in [5, 5.41) is 4.09. The average Bonchev–Trinajstić information content (AvgIpc) is 2.75. The third-order valence-electron chi connectivity index (χ3n) is 5.28. The predicted molar refractivity (Wildman–Crippen MR) is 137 cm³/mol. The second kappa shape index (κ2) is 8.94. The zero-order valence-corrected chi connectivity index (χ0v) is 20.0. The van der Waals surface area contributed by atoms with Crippen molar-refractivity contribution in [2.24, 2.45) is 0 Å². The van der Waals surface area contributed by atoms with E-state index in [0.29, 0.717) is 0 Å². The zero-order chi connectivity index (χ0) is 21.1. The molecule has 0 N–H and O–H groups in total. The number of benzene rings is 4. The van der Waals surface area contributed by atoms with Gasteiger partial charge in [-0.3, -0.25) is 0 Å². The molecule has 3 heteroatoms. The van der Waals surface area contributed by atoms with Crippen LogP contribution in [0.5, 0.6) is 0 Å². The molecule has 0 atom stereocenters. The molecule has 0 aromatic heterocycles. The Bertz CT molecular complexity index is 1020. The number of hydrogen-bond donors (Lipinski definition) is 0. The molecule has 30 heavy (non-hydrogen) atoms. The van der Waals surface area contributed by atoms with E-state index in [1.807, 2.05) is 23.5 Å². The maximum Gasteiger partial charge on any atom is 0.176 e. The molecule has 150 valence electrons. The van der Waals surface area contributed by atoms with E-state index in [0.717, 1.165) is 4.90 Å². The normalized spacial score (nSPS) is 11.4. The van der Waals surface area contributed by atoms with E-state index in [4.69, 9.17) is 12.6 Å². The number of aryl methyl sites for hydroxylation is 3. The third kappa shape index (κ3) is 4.18. The summed E-state index contributed by atoms with van der Waals surface area (Å²) in [4.78, 5) is 2.08. The minimum Gasteiger partial charge on any atom is -0.779 e. The van der Waals surface area contributed by atoms with Gasteiger partial charge in [-0.2, -0.15) is 4.90 Å². The average molecular weight is 445 g/mol. The second-order valence-corrected chi connectivity index (χ2v) is 13.7. The van der Waals surface area contributed by atoms with Crippen LogP contribution < -0.4 is 15.9 Å². The Balaban J connectivity index is 2.03. The largest absolute Gasteiger partial charge is 0.779 e. The Morgan fingerprint density at radius 2 is 0.900 bits per heavy atom. The molecular weight excluding hydrogens is 419 g/mol. The van der Waals surface area contributed by atoms with Gasteiger partial charge >= 0.3 is 0 Å². The highest BCUT2D eigenvalue weighted by Crippen LogP contribution is 2.69. The molecule has 4 aromatic carbocycles. The first-order valence-corrected chi connectivity index (χ1v) is 13.7. The van der Waals surface area contributed by atoms with Crippen LogP contribution in [0.3, 0.4) is 0 Å². The van der Waals surface area contributed by atoms with Gasteiger partial charge < -0.3 is 12.6 Å². The Morgan fingerprint density at radius 1 is 0.533 bits per heavy atom. The van der Waals surface area contributed by atoms with Gasteiger partial charge in [0.2, 0.25) is 0 Å². The van der Waals surface area contributed by atoms with Gasteiger partial charge in [0.1, 0.15) is 15.9 Å². The maximum absolute atomic E-state index is 5.73. The molecule has 0 spiro atoms. The fourth-order valence-electron chi connectivity index (χ4n) is 3.54. The van der Waals surface area contributed by atoms with Gasteiger partial charge in [-0.05, 0) is 63.2 Å². The zero-order valence-electron chi connectivity index (χ0n) is 17.5. The molecule has 4 aromatic rings. The third-order valence-corrected chi connectivity index (χ3v) is 13.0. The van der Waals surface area contributed by atoms with Crippen LogP contribution in [-0.4, -0.2) is 0 Å². The predicted octanol–water partition coefficient (Wildman–Crippen LogP) is 6.52. The van der Waals surface area contributed by atoms with Crippen molar-refractivity contribution in [1.29, 1.82) is 0 Å². The van der Waals surface area contributed by atoms with E-state index >= 15 is 0 Å². The molecule has 0 saturated heterocycles. The highest BCUT2D eigenvalue weighted by molar-refractivity contribution is 8.69. The summed E-state index contributed by atoms with van der Waals surface area (Å²) < 4.78 is 0. The maximum atomic E-state index is 5.73. The Morgan fingerprint density at radius 3 is 1.27 bits per heavy atom. The topological polar surface area (TPSA) is 0 Å². The molecule has 0 aliphatic rings. The van der Waals surface area contributed by atoms with Crippen LogP contribution >= 0.6 is 17.8 Å². The van der Waals surface area contributed by atoms with Crippen molar-refractivity contribution in [2.45, 2.75) is 30.6 Å². The van der Waals surface area contributed by atoms with Crippen LogP contribution in [0.15, 0.2) is 107 Å². The van der Waals surface area contributed by atoms with Crippen LogP contribution in [0.2, 0.25) is 0 Å². The first kappa shape index (κ1) is 21.1. The van der Waals surface area contributed by atoms with E-state index in [1.165, 1.54) is 37.5 Å². The molecule has 0 unspecified atom stereocenters. The molecule has 0 amide bonds. The van der Waals surface area contributed by atoms with Crippen LogP contribution in [0.25, 0.3) is 0 Å². The standard InChI is InChI=1S/C27H25PS2/c1-20-8-14-23(15-9-20)28(24-16-10-21(2)11-17-24,25-18-12-22(3)13-19-25)30-27-7-5-4-6-26(27)29/h4-19H,1-3H3. The monoisotopic (exact) mass is 444 g/mol. The fraction of sp³-hybridized carbons (Fsp3) is 0.111. The van der Waals surface area contributed by atoms with E-state index in [1.54, 1.807) is 0 Å². The molecule has 0 aliphatic heterocycles. The first-order valence-electron chi connectivity index (χ1n) is 10.1. The van der Waals surface area contributed by atoms with Crippen LogP contribution in [0.1, 0.15) is 16.7 Å². The van der Waals surface area contributed by atoms with Gasteiger partial charge in [0.25, 0.3) is 0 Å². The Kier molecular flexibility index (Phi) is 6.29. The van der Waals surface area contributed by atoms with Gasteiger partial charge in [-0.25, -0.2) is 0 Å².